The smallest absolute Gasteiger partial charge is 0.410 e. The van der Waals surface area contributed by atoms with Crippen molar-refractivity contribution in [3.05, 3.63) is 0 Å². The molecule has 0 aromatic rings. The van der Waals surface area contributed by atoms with Crippen LogP contribution in [0.1, 0.15) is 47.5 Å². The zero-order valence-electron chi connectivity index (χ0n) is 14.8. The predicted molar refractivity (Wildman–Crippen MR) is 86.4 cm³/mol. The summed E-state index contributed by atoms with van der Waals surface area (Å²) >= 11 is 0. The minimum absolute atomic E-state index is 0.00293. The summed E-state index contributed by atoms with van der Waals surface area (Å²) in [6.07, 6.45) is 1.51. The Labute approximate surface area is 134 Å². The van der Waals surface area contributed by atoms with Gasteiger partial charge in [-0.25, -0.2) is 4.79 Å². The molecule has 6 nitrogen and oxygen atoms in total. The average molecular weight is 313 g/mol. The summed E-state index contributed by atoms with van der Waals surface area (Å²) in [5.74, 6) is 0.0199. The standard InChI is InChI=1S/C16H31N3O3/c1-11(2)13(17)14(20)18(6)10-12-8-7-9-19(12)15(21)22-16(3,4)5/h11-13H,7-10,17H2,1-6H3/t12-,13+/m1/s1. The molecule has 2 atom stereocenters. The molecule has 6 heteroatoms. The third-order valence-electron chi connectivity index (χ3n) is 3.87. The van der Waals surface area contributed by atoms with Crippen molar-refractivity contribution in [1.82, 2.24) is 9.80 Å². The molecular weight excluding hydrogens is 282 g/mol. The maximum absolute atomic E-state index is 12.2. The zero-order chi connectivity index (χ0) is 17.1. The van der Waals surface area contributed by atoms with Crippen LogP contribution in [0.5, 0.6) is 0 Å². The highest BCUT2D eigenvalue weighted by Gasteiger charge is 2.34. The molecule has 2 amide bonds. The van der Waals surface area contributed by atoms with Gasteiger partial charge in [-0.05, 0) is 39.5 Å². The van der Waals surface area contributed by atoms with E-state index in [1.807, 2.05) is 34.6 Å². The second-order valence-corrected chi connectivity index (χ2v) is 7.46. The van der Waals surface area contributed by atoms with Gasteiger partial charge in [-0.3, -0.25) is 4.79 Å². The fourth-order valence-electron chi connectivity index (χ4n) is 2.53. The lowest BCUT2D eigenvalue weighted by Crippen LogP contribution is -2.50. The van der Waals surface area contributed by atoms with Gasteiger partial charge >= 0.3 is 6.09 Å². The van der Waals surface area contributed by atoms with E-state index in [0.29, 0.717) is 13.1 Å². The van der Waals surface area contributed by atoms with Crippen LogP contribution in [0.4, 0.5) is 4.79 Å². The van der Waals surface area contributed by atoms with Gasteiger partial charge in [0.2, 0.25) is 5.91 Å². The van der Waals surface area contributed by atoms with Gasteiger partial charge in [-0.1, -0.05) is 13.8 Å². The van der Waals surface area contributed by atoms with E-state index in [9.17, 15) is 9.59 Å². The summed E-state index contributed by atoms with van der Waals surface area (Å²) < 4.78 is 5.44. The van der Waals surface area contributed by atoms with E-state index in [4.69, 9.17) is 10.5 Å². The molecule has 1 saturated heterocycles. The van der Waals surface area contributed by atoms with Crippen LogP contribution >= 0.6 is 0 Å². The lowest BCUT2D eigenvalue weighted by atomic mass is 10.0. The van der Waals surface area contributed by atoms with Crippen molar-refractivity contribution in [2.75, 3.05) is 20.1 Å². The van der Waals surface area contributed by atoms with Crippen molar-refractivity contribution in [1.29, 1.82) is 0 Å². The van der Waals surface area contributed by atoms with Crippen molar-refractivity contribution in [2.45, 2.75) is 65.1 Å². The summed E-state index contributed by atoms with van der Waals surface area (Å²) in [5, 5.41) is 0. The molecule has 0 aromatic heterocycles. The molecule has 0 aromatic carbocycles. The Kier molecular flexibility index (Phi) is 6.23. The van der Waals surface area contributed by atoms with Crippen molar-refractivity contribution in [3.8, 4) is 0 Å². The van der Waals surface area contributed by atoms with Crippen LogP contribution in [0.3, 0.4) is 0 Å². The van der Waals surface area contributed by atoms with Crippen molar-refractivity contribution in [3.63, 3.8) is 0 Å². The van der Waals surface area contributed by atoms with Gasteiger partial charge in [0.15, 0.2) is 0 Å². The molecule has 0 saturated carbocycles. The monoisotopic (exact) mass is 313 g/mol. The highest BCUT2D eigenvalue weighted by molar-refractivity contribution is 5.81. The molecule has 22 heavy (non-hydrogen) atoms. The lowest BCUT2D eigenvalue weighted by molar-refractivity contribution is -0.132. The van der Waals surface area contributed by atoms with Gasteiger partial charge in [0.05, 0.1) is 12.1 Å². The van der Waals surface area contributed by atoms with Gasteiger partial charge in [0, 0.05) is 20.1 Å². The molecule has 1 heterocycles. The van der Waals surface area contributed by atoms with Gasteiger partial charge in [0.1, 0.15) is 5.60 Å². The number of amides is 2. The molecule has 0 spiro atoms. The van der Waals surface area contributed by atoms with Crippen LogP contribution in [-0.4, -0.2) is 59.6 Å². The van der Waals surface area contributed by atoms with Crippen LogP contribution in [0.2, 0.25) is 0 Å². The number of carbonyl (C=O) groups excluding carboxylic acids is 2. The van der Waals surface area contributed by atoms with Crippen LogP contribution in [-0.2, 0) is 9.53 Å². The Bertz CT molecular complexity index is 404. The fourth-order valence-corrected chi connectivity index (χ4v) is 2.53. The maximum Gasteiger partial charge on any atom is 0.410 e. The second-order valence-electron chi connectivity index (χ2n) is 7.46. The number of carbonyl (C=O) groups is 2. The van der Waals surface area contributed by atoms with Crippen LogP contribution in [0.15, 0.2) is 0 Å². The minimum Gasteiger partial charge on any atom is -0.444 e. The first-order valence-electron chi connectivity index (χ1n) is 8.03. The van der Waals surface area contributed by atoms with Gasteiger partial charge in [-0.2, -0.15) is 0 Å². The van der Waals surface area contributed by atoms with E-state index in [0.717, 1.165) is 12.8 Å². The van der Waals surface area contributed by atoms with Crippen molar-refractivity contribution >= 4 is 12.0 Å². The molecule has 1 aliphatic rings. The van der Waals surface area contributed by atoms with Crippen molar-refractivity contribution < 1.29 is 14.3 Å². The fraction of sp³-hybridized carbons (Fsp3) is 0.875. The molecule has 128 valence electrons. The normalized spacial score (nSPS) is 20.2. The molecule has 0 aliphatic carbocycles. The molecule has 1 rings (SSSR count). The number of nitrogens with zero attached hydrogens (tertiary/aromatic N) is 2. The molecular formula is C16H31N3O3. The highest BCUT2D eigenvalue weighted by Crippen LogP contribution is 2.21. The Morgan fingerprint density at radius 1 is 1.36 bits per heavy atom. The third-order valence-corrected chi connectivity index (χ3v) is 3.87. The number of rotatable bonds is 4. The minimum atomic E-state index is -0.508. The molecule has 0 radical (unpaired) electrons. The van der Waals surface area contributed by atoms with Crippen molar-refractivity contribution in [2.24, 2.45) is 11.7 Å². The number of likely N-dealkylation sites (N-methyl/N-ethyl adjacent to an activating group) is 1. The van der Waals surface area contributed by atoms with Crippen LogP contribution in [0.25, 0.3) is 0 Å². The summed E-state index contributed by atoms with van der Waals surface area (Å²) in [6.45, 7) is 10.6. The second kappa shape index (κ2) is 7.31. The highest BCUT2D eigenvalue weighted by atomic mass is 16.6. The quantitative estimate of drug-likeness (QED) is 0.859. The molecule has 0 unspecified atom stereocenters. The molecule has 1 aliphatic heterocycles. The Hall–Kier alpha value is -1.30. The number of ether oxygens (including phenoxy) is 1. The number of likely N-dealkylation sites (tertiary alicyclic amines) is 1. The maximum atomic E-state index is 12.2. The third kappa shape index (κ3) is 5.16. The first kappa shape index (κ1) is 18.7. The lowest BCUT2D eigenvalue weighted by Gasteiger charge is -2.32. The first-order valence-corrected chi connectivity index (χ1v) is 8.03. The predicted octanol–water partition coefficient (Wildman–Crippen LogP) is 1.83. The summed E-state index contributed by atoms with van der Waals surface area (Å²) in [5.41, 5.74) is 5.41. The SMILES string of the molecule is CC(C)[C@H](N)C(=O)N(C)C[C@H]1CCCN1C(=O)OC(C)(C)C. The van der Waals surface area contributed by atoms with E-state index in [2.05, 4.69) is 0 Å². The van der Waals surface area contributed by atoms with E-state index in [-0.39, 0.29) is 24.0 Å². The Morgan fingerprint density at radius 2 is 1.95 bits per heavy atom. The average Bonchev–Trinajstić information content (AvgIpc) is 2.82. The number of nitrogens with two attached hydrogens (primary N) is 1. The van der Waals surface area contributed by atoms with Crippen LogP contribution < -0.4 is 5.73 Å². The topological polar surface area (TPSA) is 75.9 Å². The van der Waals surface area contributed by atoms with Gasteiger partial charge < -0.3 is 20.3 Å². The molecule has 0 bridgehead atoms. The summed E-state index contributed by atoms with van der Waals surface area (Å²) in [4.78, 5) is 27.9. The number of hydrogen-bond donors (Lipinski definition) is 1. The zero-order valence-corrected chi connectivity index (χ0v) is 14.8. The van der Waals surface area contributed by atoms with Crippen LogP contribution in [0, 0.1) is 5.92 Å². The Balaban J connectivity index is 2.64. The van der Waals surface area contributed by atoms with E-state index < -0.39 is 11.6 Å². The summed E-state index contributed by atoms with van der Waals surface area (Å²) in [6, 6.07) is -0.496. The van der Waals surface area contributed by atoms with Gasteiger partial charge in [-0.15, -0.1) is 0 Å². The molecule has 1 fully saturated rings. The largest absolute Gasteiger partial charge is 0.444 e. The van der Waals surface area contributed by atoms with Gasteiger partial charge in [0.25, 0.3) is 0 Å². The van der Waals surface area contributed by atoms with E-state index in [1.165, 1.54) is 0 Å². The molecule has 2 N–H and O–H groups in total. The summed E-state index contributed by atoms with van der Waals surface area (Å²) in [7, 11) is 1.75. The first-order chi connectivity index (χ1) is 10.0. The Morgan fingerprint density at radius 3 is 2.45 bits per heavy atom. The number of hydrogen-bond acceptors (Lipinski definition) is 4. The van der Waals surface area contributed by atoms with E-state index in [1.54, 1.807) is 16.8 Å². The van der Waals surface area contributed by atoms with E-state index >= 15 is 0 Å².